The monoisotopic (exact) mass is 414 g/mol. The summed E-state index contributed by atoms with van der Waals surface area (Å²) in [4.78, 5) is 0. The second-order valence-electron chi connectivity index (χ2n) is 9.03. The second-order valence-corrected chi connectivity index (χ2v) is 9.03. The van der Waals surface area contributed by atoms with Gasteiger partial charge in [-0.25, -0.2) is 0 Å². The highest BCUT2D eigenvalue weighted by Crippen LogP contribution is 2.49. The molecule has 0 aromatic heterocycles. The summed E-state index contributed by atoms with van der Waals surface area (Å²) < 4.78 is 0. The quantitative estimate of drug-likeness (QED) is 0.365. The van der Waals surface area contributed by atoms with Crippen LogP contribution in [-0.2, 0) is 12.8 Å². The Morgan fingerprint density at radius 3 is 2.25 bits per heavy atom. The van der Waals surface area contributed by atoms with Gasteiger partial charge in [0.25, 0.3) is 0 Å². The van der Waals surface area contributed by atoms with E-state index in [0.717, 1.165) is 24.8 Å². The van der Waals surface area contributed by atoms with Crippen LogP contribution >= 0.6 is 0 Å². The molecule has 2 aliphatic rings. The first-order valence-electron chi connectivity index (χ1n) is 11.5. The van der Waals surface area contributed by atoms with E-state index in [-0.39, 0.29) is 5.92 Å². The van der Waals surface area contributed by atoms with Crippen LogP contribution in [0.3, 0.4) is 0 Å². The summed E-state index contributed by atoms with van der Waals surface area (Å²) in [6.07, 6.45) is 4.86. The average molecular weight is 415 g/mol. The zero-order chi connectivity index (χ0) is 21.5. The van der Waals surface area contributed by atoms with Gasteiger partial charge in [-0.15, -0.1) is 0 Å². The maximum absolute atomic E-state index is 11.2. The lowest BCUT2D eigenvalue weighted by Gasteiger charge is -2.34. The molecule has 4 aromatic rings. The van der Waals surface area contributed by atoms with Crippen LogP contribution < -0.4 is 0 Å². The van der Waals surface area contributed by atoms with Crippen molar-refractivity contribution >= 4 is 5.76 Å². The van der Waals surface area contributed by atoms with Gasteiger partial charge in [-0.1, -0.05) is 97.1 Å². The number of fused-ring (bicyclic) bond motifs is 5. The Kier molecular flexibility index (Phi) is 4.69. The van der Waals surface area contributed by atoms with Crippen LogP contribution in [0, 0.1) is 0 Å². The molecule has 0 spiro atoms. The number of allylic oxidation sites excluding steroid dienone is 1. The molecular weight excluding hydrogens is 388 g/mol. The van der Waals surface area contributed by atoms with Crippen molar-refractivity contribution in [2.75, 3.05) is 0 Å². The van der Waals surface area contributed by atoms with Crippen LogP contribution in [0.4, 0.5) is 0 Å². The van der Waals surface area contributed by atoms with E-state index < -0.39 is 0 Å². The molecule has 0 aliphatic heterocycles. The number of aliphatic hydroxyl groups excluding tert-OH is 1. The summed E-state index contributed by atoms with van der Waals surface area (Å²) in [6.45, 7) is 0. The zero-order valence-electron chi connectivity index (χ0n) is 18.0. The maximum Gasteiger partial charge on any atom is 0.119 e. The molecule has 4 aromatic carbocycles. The second kappa shape index (κ2) is 7.84. The largest absolute Gasteiger partial charge is 0.508 e. The smallest absolute Gasteiger partial charge is 0.119 e. The Morgan fingerprint density at radius 2 is 1.44 bits per heavy atom. The molecule has 156 valence electrons. The van der Waals surface area contributed by atoms with Crippen LogP contribution in [-0.4, -0.2) is 5.11 Å². The fourth-order valence-electron chi connectivity index (χ4n) is 5.69. The normalized spacial score (nSPS) is 18.8. The lowest BCUT2D eigenvalue weighted by molar-refractivity contribution is 0.495. The fourth-order valence-corrected chi connectivity index (χ4v) is 5.69. The van der Waals surface area contributed by atoms with Gasteiger partial charge in [0.1, 0.15) is 5.76 Å². The maximum atomic E-state index is 11.2. The Morgan fingerprint density at radius 1 is 0.719 bits per heavy atom. The number of hydrogen-bond acceptors (Lipinski definition) is 1. The van der Waals surface area contributed by atoms with Crippen LogP contribution in [0.5, 0.6) is 0 Å². The zero-order valence-corrected chi connectivity index (χ0v) is 18.0. The highest BCUT2D eigenvalue weighted by Gasteiger charge is 2.33. The van der Waals surface area contributed by atoms with Gasteiger partial charge in [-0.05, 0) is 70.2 Å². The minimum absolute atomic E-state index is 0.238. The van der Waals surface area contributed by atoms with Crippen molar-refractivity contribution in [3.63, 3.8) is 0 Å². The Hall–Kier alpha value is -3.58. The van der Waals surface area contributed by atoms with Crippen molar-refractivity contribution in [3.8, 4) is 11.1 Å². The third kappa shape index (κ3) is 3.17. The van der Waals surface area contributed by atoms with Crippen LogP contribution in [0.1, 0.15) is 51.6 Å². The van der Waals surface area contributed by atoms with Gasteiger partial charge in [-0.3, -0.25) is 0 Å². The van der Waals surface area contributed by atoms with E-state index in [9.17, 15) is 5.11 Å². The standard InChI is InChI=1S/C31H26O/c32-29-18-15-24(19-21-9-3-1-4-10-21)26-16-17-27-25-14-8-7-13-23(25)20-28(30(27)31(26)29)22-11-5-2-6-12-22/h1-14,16-18,24,28,32H,15,19-20H2. The van der Waals surface area contributed by atoms with Crippen molar-refractivity contribution < 1.29 is 5.11 Å². The third-order valence-electron chi connectivity index (χ3n) is 7.18. The summed E-state index contributed by atoms with van der Waals surface area (Å²) in [5.41, 5.74) is 10.3. The molecule has 1 N–H and O–H groups in total. The molecule has 0 saturated heterocycles. The molecule has 0 saturated carbocycles. The molecule has 0 bridgehead atoms. The molecule has 0 heterocycles. The molecule has 2 aliphatic carbocycles. The highest BCUT2D eigenvalue weighted by atomic mass is 16.3. The molecule has 1 nitrogen and oxygen atoms in total. The molecule has 32 heavy (non-hydrogen) atoms. The molecule has 0 fully saturated rings. The van der Waals surface area contributed by atoms with E-state index in [1.807, 2.05) is 6.08 Å². The SMILES string of the molecule is OC1=CCC(Cc2ccccc2)c2ccc3c(c21)C(c1ccccc1)Cc1ccccc1-3. The van der Waals surface area contributed by atoms with Crippen molar-refractivity contribution in [2.24, 2.45) is 0 Å². The molecule has 0 radical (unpaired) electrons. The summed E-state index contributed by atoms with van der Waals surface area (Å²) >= 11 is 0. The third-order valence-corrected chi connectivity index (χ3v) is 7.18. The summed E-state index contributed by atoms with van der Waals surface area (Å²) in [7, 11) is 0. The van der Waals surface area contributed by atoms with E-state index in [1.165, 1.54) is 38.9 Å². The minimum Gasteiger partial charge on any atom is -0.508 e. The first-order chi connectivity index (χ1) is 15.8. The van der Waals surface area contributed by atoms with Crippen molar-refractivity contribution in [2.45, 2.75) is 31.1 Å². The number of benzene rings is 4. The fraction of sp³-hybridized carbons (Fsp3) is 0.161. The van der Waals surface area contributed by atoms with Gasteiger partial charge >= 0.3 is 0 Å². The van der Waals surface area contributed by atoms with Crippen LogP contribution in [0.15, 0.2) is 103 Å². The molecule has 1 heteroatoms. The van der Waals surface area contributed by atoms with Gasteiger partial charge in [0.05, 0.1) is 0 Å². The number of aliphatic hydroxyl groups is 1. The van der Waals surface area contributed by atoms with E-state index >= 15 is 0 Å². The Labute approximate surface area is 189 Å². The van der Waals surface area contributed by atoms with Crippen molar-refractivity contribution in [3.05, 3.63) is 137 Å². The average Bonchev–Trinajstić information content (AvgIpc) is 2.86. The van der Waals surface area contributed by atoms with Gasteiger partial charge in [-0.2, -0.15) is 0 Å². The van der Waals surface area contributed by atoms with Crippen LogP contribution in [0.2, 0.25) is 0 Å². The summed E-state index contributed by atoms with van der Waals surface area (Å²) in [6, 6.07) is 34.8. The minimum atomic E-state index is 0.238. The van der Waals surface area contributed by atoms with Gasteiger partial charge in [0, 0.05) is 11.5 Å². The van der Waals surface area contributed by atoms with E-state index in [1.54, 1.807) is 0 Å². The lowest BCUT2D eigenvalue weighted by atomic mass is 9.70. The number of hydrogen-bond donors (Lipinski definition) is 1. The van der Waals surface area contributed by atoms with Crippen LogP contribution in [0.25, 0.3) is 16.9 Å². The summed E-state index contributed by atoms with van der Waals surface area (Å²) in [5, 5.41) is 11.2. The first kappa shape index (κ1) is 19.1. The van der Waals surface area contributed by atoms with Crippen molar-refractivity contribution in [1.29, 1.82) is 0 Å². The number of rotatable bonds is 3. The molecule has 2 unspecified atom stereocenters. The van der Waals surface area contributed by atoms with E-state index in [0.29, 0.717) is 11.7 Å². The van der Waals surface area contributed by atoms with Gasteiger partial charge in [0.15, 0.2) is 0 Å². The van der Waals surface area contributed by atoms with E-state index in [2.05, 4.69) is 97.1 Å². The van der Waals surface area contributed by atoms with Crippen molar-refractivity contribution in [1.82, 2.24) is 0 Å². The van der Waals surface area contributed by atoms with E-state index in [4.69, 9.17) is 0 Å². The highest BCUT2D eigenvalue weighted by molar-refractivity contribution is 5.83. The topological polar surface area (TPSA) is 20.2 Å². The Balaban J connectivity index is 1.56. The Bertz CT molecular complexity index is 1300. The lowest BCUT2D eigenvalue weighted by Crippen LogP contribution is -2.19. The van der Waals surface area contributed by atoms with Gasteiger partial charge < -0.3 is 5.11 Å². The predicted octanol–water partition coefficient (Wildman–Crippen LogP) is 7.67. The van der Waals surface area contributed by atoms with Gasteiger partial charge in [0.2, 0.25) is 0 Å². The first-order valence-corrected chi connectivity index (χ1v) is 11.5. The predicted molar refractivity (Wildman–Crippen MR) is 132 cm³/mol. The summed E-state index contributed by atoms with van der Waals surface area (Å²) in [5.74, 6) is 1.06. The molecule has 0 amide bonds. The molecule has 2 atom stereocenters. The molecule has 6 rings (SSSR count). The molecular formula is C31H26O.